The molecule has 0 aliphatic rings. The van der Waals surface area contributed by atoms with Crippen molar-refractivity contribution >= 4 is 11.6 Å². The van der Waals surface area contributed by atoms with Gasteiger partial charge in [0.05, 0.1) is 0 Å². The lowest BCUT2D eigenvalue weighted by molar-refractivity contribution is 0.242. The summed E-state index contributed by atoms with van der Waals surface area (Å²) in [6.07, 6.45) is 1.91. The van der Waals surface area contributed by atoms with E-state index >= 15 is 0 Å². The molecule has 4 N–H and O–H groups in total. The zero-order chi connectivity index (χ0) is 14.3. The van der Waals surface area contributed by atoms with Crippen LogP contribution in [0.1, 0.15) is 31.9 Å². The van der Waals surface area contributed by atoms with Gasteiger partial charge in [-0.2, -0.15) is 0 Å². The minimum Gasteiger partial charge on any atom is -0.396 e. The highest BCUT2D eigenvalue weighted by Gasteiger charge is 2.07. The van der Waals surface area contributed by atoms with E-state index in [2.05, 4.69) is 42.4 Å². The van der Waals surface area contributed by atoms with Gasteiger partial charge in [-0.1, -0.05) is 39.0 Å². The average Bonchev–Trinajstić information content (AvgIpc) is 2.44. The Kier molecular flexibility index (Phi) is 6.36. The Morgan fingerprint density at radius 2 is 1.89 bits per heavy atom. The smallest absolute Gasteiger partial charge is 0.193 e. The first-order valence-electron chi connectivity index (χ1n) is 6.90. The Balaban J connectivity index is 2.86. The molecule has 0 spiro atoms. The van der Waals surface area contributed by atoms with E-state index in [4.69, 9.17) is 10.8 Å². The van der Waals surface area contributed by atoms with E-state index in [0.29, 0.717) is 12.5 Å². The van der Waals surface area contributed by atoms with Crippen molar-refractivity contribution in [1.82, 2.24) is 0 Å². The number of nitrogens with two attached hydrogens (primary N) is 1. The molecule has 0 heterocycles. The summed E-state index contributed by atoms with van der Waals surface area (Å²) in [5, 5.41) is 12.2. The number of anilines is 1. The van der Waals surface area contributed by atoms with E-state index < -0.39 is 0 Å². The molecule has 1 unspecified atom stereocenters. The zero-order valence-corrected chi connectivity index (χ0v) is 12.1. The van der Waals surface area contributed by atoms with E-state index in [1.165, 1.54) is 11.1 Å². The van der Waals surface area contributed by atoms with Gasteiger partial charge in [0.1, 0.15) is 0 Å². The number of guanidine groups is 1. The Bertz CT molecular complexity index is 407. The Labute approximate surface area is 115 Å². The van der Waals surface area contributed by atoms with Gasteiger partial charge in [-0.05, 0) is 29.9 Å². The largest absolute Gasteiger partial charge is 0.396 e. The van der Waals surface area contributed by atoms with E-state index in [1.54, 1.807) is 0 Å². The molecule has 0 fully saturated rings. The highest BCUT2D eigenvalue weighted by atomic mass is 16.3. The number of benzene rings is 1. The summed E-state index contributed by atoms with van der Waals surface area (Å²) in [5.41, 5.74) is 9.47. The molecule has 19 heavy (non-hydrogen) atoms. The van der Waals surface area contributed by atoms with Gasteiger partial charge in [0.15, 0.2) is 5.96 Å². The minimum absolute atomic E-state index is 0.128. The standard InChI is InChI=1S/C15H25N3O/c1-4-12-7-6-8-13(5-2)14(12)18-15(16)17-9-11(3)10-19/h6-8,11,19H,4-5,9-10H2,1-3H3,(H3,16,17,18). The van der Waals surface area contributed by atoms with E-state index in [9.17, 15) is 0 Å². The minimum atomic E-state index is 0.128. The van der Waals surface area contributed by atoms with Gasteiger partial charge in [0.2, 0.25) is 0 Å². The normalized spacial score (nSPS) is 13.4. The first kappa shape index (κ1) is 15.5. The van der Waals surface area contributed by atoms with Crippen LogP contribution in [0.2, 0.25) is 0 Å². The summed E-state index contributed by atoms with van der Waals surface area (Å²) in [4.78, 5) is 4.26. The fourth-order valence-corrected chi connectivity index (χ4v) is 1.88. The van der Waals surface area contributed by atoms with Gasteiger partial charge in [0, 0.05) is 18.8 Å². The van der Waals surface area contributed by atoms with Crippen LogP contribution in [0.3, 0.4) is 0 Å². The van der Waals surface area contributed by atoms with Crippen LogP contribution in [-0.2, 0) is 12.8 Å². The third-order valence-electron chi connectivity index (χ3n) is 3.14. The molecule has 0 radical (unpaired) electrons. The monoisotopic (exact) mass is 263 g/mol. The van der Waals surface area contributed by atoms with Gasteiger partial charge in [-0.25, -0.2) is 0 Å². The molecular formula is C15H25N3O. The van der Waals surface area contributed by atoms with Gasteiger partial charge < -0.3 is 16.2 Å². The van der Waals surface area contributed by atoms with Crippen LogP contribution in [0, 0.1) is 5.92 Å². The van der Waals surface area contributed by atoms with Crippen LogP contribution in [0.25, 0.3) is 0 Å². The molecule has 1 rings (SSSR count). The number of aliphatic imine (C=N–C) groups is 1. The summed E-state index contributed by atoms with van der Waals surface area (Å²) in [5.74, 6) is 0.545. The van der Waals surface area contributed by atoms with Gasteiger partial charge in [0.25, 0.3) is 0 Å². The quantitative estimate of drug-likeness (QED) is 0.544. The fourth-order valence-electron chi connectivity index (χ4n) is 1.88. The van der Waals surface area contributed by atoms with Crippen LogP contribution < -0.4 is 11.1 Å². The van der Waals surface area contributed by atoms with Crippen LogP contribution in [-0.4, -0.2) is 24.2 Å². The number of para-hydroxylation sites is 1. The number of rotatable bonds is 6. The molecule has 0 saturated carbocycles. The second kappa shape index (κ2) is 7.79. The first-order valence-corrected chi connectivity index (χ1v) is 6.90. The summed E-state index contributed by atoms with van der Waals surface area (Å²) in [7, 11) is 0. The zero-order valence-electron chi connectivity index (χ0n) is 12.1. The van der Waals surface area contributed by atoms with Crippen molar-refractivity contribution in [3.8, 4) is 0 Å². The highest BCUT2D eigenvalue weighted by molar-refractivity contribution is 5.93. The number of nitrogens with zero attached hydrogens (tertiary/aromatic N) is 1. The Morgan fingerprint density at radius 3 is 2.37 bits per heavy atom. The maximum absolute atomic E-state index is 8.97. The predicted octanol–water partition coefficient (Wildman–Crippen LogP) is 2.17. The molecule has 0 aliphatic heterocycles. The third-order valence-corrected chi connectivity index (χ3v) is 3.14. The van der Waals surface area contributed by atoms with Crippen LogP contribution >= 0.6 is 0 Å². The van der Waals surface area contributed by atoms with Crippen molar-refractivity contribution in [3.05, 3.63) is 29.3 Å². The number of aliphatic hydroxyl groups excluding tert-OH is 1. The molecule has 1 aromatic rings. The second-order valence-electron chi connectivity index (χ2n) is 4.80. The fraction of sp³-hybridized carbons (Fsp3) is 0.533. The number of hydrogen-bond donors (Lipinski definition) is 3. The van der Waals surface area contributed by atoms with Gasteiger partial charge in [-0.3, -0.25) is 4.99 Å². The molecule has 0 saturated heterocycles. The maximum Gasteiger partial charge on any atom is 0.193 e. The molecule has 0 aliphatic carbocycles. The van der Waals surface area contributed by atoms with Crippen LogP contribution in [0.15, 0.2) is 23.2 Å². The molecule has 106 valence electrons. The van der Waals surface area contributed by atoms with E-state index in [0.717, 1.165) is 18.5 Å². The summed E-state index contributed by atoms with van der Waals surface area (Å²) < 4.78 is 0. The lowest BCUT2D eigenvalue weighted by Crippen LogP contribution is -2.25. The number of aryl methyl sites for hydroxylation is 2. The molecule has 0 aromatic heterocycles. The third kappa shape index (κ3) is 4.56. The molecule has 1 aromatic carbocycles. The van der Waals surface area contributed by atoms with Crippen molar-refractivity contribution in [2.45, 2.75) is 33.6 Å². The predicted molar refractivity (Wildman–Crippen MR) is 81.6 cm³/mol. The number of nitrogens with one attached hydrogen (secondary N) is 1. The molecule has 4 nitrogen and oxygen atoms in total. The molecule has 0 amide bonds. The highest BCUT2D eigenvalue weighted by Crippen LogP contribution is 2.22. The number of hydrogen-bond acceptors (Lipinski definition) is 2. The van der Waals surface area contributed by atoms with Crippen LogP contribution in [0.4, 0.5) is 5.69 Å². The molecule has 1 atom stereocenters. The maximum atomic E-state index is 8.97. The molecule has 0 bridgehead atoms. The van der Waals surface area contributed by atoms with Gasteiger partial charge >= 0.3 is 0 Å². The Morgan fingerprint density at radius 1 is 1.32 bits per heavy atom. The lowest BCUT2D eigenvalue weighted by atomic mass is 10.0. The average molecular weight is 263 g/mol. The van der Waals surface area contributed by atoms with E-state index in [1.807, 2.05) is 6.92 Å². The van der Waals surface area contributed by atoms with Crippen molar-refractivity contribution in [2.24, 2.45) is 16.6 Å². The number of aliphatic hydroxyl groups is 1. The summed E-state index contributed by atoms with van der Waals surface area (Å²) in [6.45, 7) is 6.85. The SMILES string of the molecule is CCc1cccc(CC)c1NC(N)=NCC(C)CO. The van der Waals surface area contributed by atoms with Crippen molar-refractivity contribution in [2.75, 3.05) is 18.5 Å². The topological polar surface area (TPSA) is 70.6 Å². The van der Waals surface area contributed by atoms with Crippen LogP contribution in [0.5, 0.6) is 0 Å². The second-order valence-corrected chi connectivity index (χ2v) is 4.80. The summed E-state index contributed by atoms with van der Waals surface area (Å²) in [6, 6.07) is 6.28. The van der Waals surface area contributed by atoms with Gasteiger partial charge in [-0.15, -0.1) is 0 Å². The molecule has 4 heteroatoms. The van der Waals surface area contributed by atoms with E-state index in [-0.39, 0.29) is 12.5 Å². The molecular weight excluding hydrogens is 238 g/mol. The first-order chi connectivity index (χ1) is 9.12. The lowest BCUT2D eigenvalue weighted by Gasteiger charge is -2.15. The van der Waals surface area contributed by atoms with Crippen molar-refractivity contribution in [1.29, 1.82) is 0 Å². The summed E-state index contributed by atoms with van der Waals surface area (Å²) >= 11 is 0. The van der Waals surface area contributed by atoms with Crippen molar-refractivity contribution < 1.29 is 5.11 Å². The van der Waals surface area contributed by atoms with Crippen molar-refractivity contribution in [3.63, 3.8) is 0 Å². The Hall–Kier alpha value is -1.55.